The van der Waals surface area contributed by atoms with Crippen molar-refractivity contribution in [2.75, 3.05) is 13.7 Å². The van der Waals surface area contributed by atoms with Crippen molar-refractivity contribution in [3.05, 3.63) is 59.0 Å². The number of aryl methyl sites for hydroxylation is 1. The number of aromatic nitrogens is 3. The smallest absolute Gasteiger partial charge is 0.138 e. The number of benzene rings is 1. The molecule has 1 aliphatic heterocycles. The van der Waals surface area contributed by atoms with E-state index in [1.165, 1.54) is 0 Å². The second-order valence-electron chi connectivity index (χ2n) is 6.89. The molecular formula is C21H22N4O2. The monoisotopic (exact) mass is 362 g/mol. The van der Waals surface area contributed by atoms with Crippen LogP contribution in [0.25, 0.3) is 10.9 Å². The van der Waals surface area contributed by atoms with Gasteiger partial charge < -0.3 is 4.74 Å². The zero-order valence-corrected chi connectivity index (χ0v) is 15.6. The van der Waals surface area contributed by atoms with Crippen molar-refractivity contribution in [1.29, 1.82) is 0 Å². The minimum absolute atomic E-state index is 0.195. The topological polar surface area (TPSA) is 69.4 Å². The molecule has 3 aromatic rings. The molecule has 0 atom stereocenters. The Morgan fingerprint density at radius 1 is 1.30 bits per heavy atom. The van der Waals surface area contributed by atoms with E-state index in [-0.39, 0.29) is 5.78 Å². The van der Waals surface area contributed by atoms with E-state index in [0.717, 1.165) is 45.4 Å². The third-order valence-electron chi connectivity index (χ3n) is 4.78. The van der Waals surface area contributed by atoms with Gasteiger partial charge in [-0.25, -0.2) is 0 Å². The summed E-state index contributed by atoms with van der Waals surface area (Å²) in [5, 5.41) is 5.51. The molecule has 6 nitrogen and oxygen atoms in total. The highest BCUT2D eigenvalue weighted by Gasteiger charge is 2.19. The molecule has 0 radical (unpaired) electrons. The van der Waals surface area contributed by atoms with E-state index in [2.05, 4.69) is 22.2 Å². The SMILES string of the molecule is COCCCC(=O)Cc1cc2c(cn1)C(c1ccc3nn(C)cc3c1)=NC2. The van der Waals surface area contributed by atoms with E-state index in [0.29, 0.717) is 26.0 Å². The van der Waals surface area contributed by atoms with Gasteiger partial charge in [-0.15, -0.1) is 0 Å². The predicted molar refractivity (Wildman–Crippen MR) is 104 cm³/mol. The summed E-state index contributed by atoms with van der Waals surface area (Å²) in [6.07, 6.45) is 5.51. The number of ether oxygens (including phenoxy) is 1. The molecule has 4 rings (SSSR count). The number of pyridine rings is 1. The summed E-state index contributed by atoms with van der Waals surface area (Å²) in [5.74, 6) is 0.195. The van der Waals surface area contributed by atoms with E-state index in [1.807, 2.05) is 36.3 Å². The Bertz CT molecular complexity index is 1040. The Kier molecular flexibility index (Phi) is 4.81. The highest BCUT2D eigenvalue weighted by atomic mass is 16.5. The van der Waals surface area contributed by atoms with E-state index >= 15 is 0 Å². The summed E-state index contributed by atoms with van der Waals surface area (Å²) in [6, 6.07) is 8.20. The van der Waals surface area contributed by atoms with Crippen LogP contribution in [0.4, 0.5) is 0 Å². The number of hydrogen-bond acceptors (Lipinski definition) is 5. The number of ketones is 1. The summed E-state index contributed by atoms with van der Waals surface area (Å²) in [7, 11) is 3.57. The van der Waals surface area contributed by atoms with Crippen molar-refractivity contribution in [2.45, 2.75) is 25.8 Å². The standard InChI is InChI=1S/C21H22N4O2/c1-25-13-16-8-14(5-6-20(16)24-25)21-19-12-22-17(9-15(19)11-23-21)10-18(26)4-3-7-27-2/h5-6,8-9,12-13H,3-4,7,10-11H2,1-2H3. The molecule has 0 bridgehead atoms. The van der Waals surface area contributed by atoms with Crippen molar-refractivity contribution in [3.8, 4) is 0 Å². The third-order valence-corrected chi connectivity index (χ3v) is 4.78. The van der Waals surface area contributed by atoms with Gasteiger partial charge in [0, 0.05) is 68.2 Å². The molecule has 138 valence electrons. The molecule has 0 saturated carbocycles. The molecule has 0 fully saturated rings. The molecule has 27 heavy (non-hydrogen) atoms. The Labute approximate surface area is 157 Å². The molecule has 0 amide bonds. The molecule has 0 N–H and O–H groups in total. The van der Waals surface area contributed by atoms with E-state index in [9.17, 15) is 4.79 Å². The maximum atomic E-state index is 12.1. The minimum Gasteiger partial charge on any atom is -0.385 e. The largest absolute Gasteiger partial charge is 0.385 e. The Morgan fingerprint density at radius 2 is 2.19 bits per heavy atom. The van der Waals surface area contributed by atoms with E-state index in [4.69, 9.17) is 9.73 Å². The van der Waals surface area contributed by atoms with Gasteiger partial charge in [0.15, 0.2) is 0 Å². The molecule has 0 saturated heterocycles. The van der Waals surface area contributed by atoms with Crippen LogP contribution in [0.5, 0.6) is 0 Å². The number of carbonyl (C=O) groups is 1. The van der Waals surface area contributed by atoms with Crippen LogP contribution >= 0.6 is 0 Å². The Morgan fingerprint density at radius 3 is 3.04 bits per heavy atom. The number of fused-ring (bicyclic) bond motifs is 2. The summed E-state index contributed by atoms with van der Waals surface area (Å²) < 4.78 is 6.81. The first kappa shape index (κ1) is 17.5. The third kappa shape index (κ3) is 3.66. The maximum Gasteiger partial charge on any atom is 0.138 e. The first-order valence-electron chi connectivity index (χ1n) is 9.11. The quantitative estimate of drug-likeness (QED) is 0.606. The molecule has 0 unspecified atom stereocenters. The molecule has 2 aromatic heterocycles. The van der Waals surface area contributed by atoms with Crippen LogP contribution in [-0.2, 0) is 29.5 Å². The second kappa shape index (κ2) is 7.40. The Hall–Kier alpha value is -2.86. The van der Waals surface area contributed by atoms with Crippen LogP contribution < -0.4 is 0 Å². The predicted octanol–water partition coefficient (Wildman–Crippen LogP) is 2.86. The number of carbonyl (C=O) groups excluding carboxylic acids is 1. The number of Topliss-reactive ketones (excluding diaryl/α,β-unsaturated/α-hetero) is 1. The van der Waals surface area contributed by atoms with Crippen molar-refractivity contribution in [1.82, 2.24) is 14.8 Å². The number of rotatable bonds is 7. The van der Waals surface area contributed by atoms with Crippen LogP contribution in [0, 0.1) is 0 Å². The maximum absolute atomic E-state index is 12.1. The van der Waals surface area contributed by atoms with E-state index < -0.39 is 0 Å². The summed E-state index contributed by atoms with van der Waals surface area (Å²) in [5.41, 5.74) is 6.00. The molecule has 1 aliphatic rings. The lowest BCUT2D eigenvalue weighted by Crippen LogP contribution is -2.08. The average Bonchev–Trinajstić information content (AvgIpc) is 3.23. The van der Waals surface area contributed by atoms with E-state index in [1.54, 1.807) is 7.11 Å². The summed E-state index contributed by atoms with van der Waals surface area (Å²) >= 11 is 0. The zero-order chi connectivity index (χ0) is 18.8. The normalized spacial score (nSPS) is 13.0. The van der Waals surface area contributed by atoms with Crippen LogP contribution in [0.3, 0.4) is 0 Å². The lowest BCUT2D eigenvalue weighted by Gasteiger charge is -2.06. The van der Waals surface area contributed by atoms with Crippen molar-refractivity contribution < 1.29 is 9.53 Å². The van der Waals surface area contributed by atoms with Crippen LogP contribution in [0.15, 0.2) is 41.7 Å². The van der Waals surface area contributed by atoms with Gasteiger partial charge >= 0.3 is 0 Å². The van der Waals surface area contributed by atoms with Gasteiger partial charge in [-0.05, 0) is 30.2 Å². The average molecular weight is 362 g/mol. The summed E-state index contributed by atoms with van der Waals surface area (Å²) in [6.45, 7) is 1.24. The van der Waals surface area contributed by atoms with Crippen molar-refractivity contribution in [3.63, 3.8) is 0 Å². The molecule has 1 aromatic carbocycles. The number of methoxy groups -OCH3 is 1. The second-order valence-corrected chi connectivity index (χ2v) is 6.89. The highest BCUT2D eigenvalue weighted by molar-refractivity contribution is 6.16. The zero-order valence-electron chi connectivity index (χ0n) is 15.6. The molecule has 0 spiro atoms. The van der Waals surface area contributed by atoms with Crippen LogP contribution in [0.1, 0.15) is 35.2 Å². The summed E-state index contributed by atoms with van der Waals surface area (Å²) in [4.78, 5) is 21.3. The van der Waals surface area contributed by atoms with Gasteiger partial charge in [0.25, 0.3) is 0 Å². The van der Waals surface area contributed by atoms with Gasteiger partial charge in [0.1, 0.15) is 5.78 Å². The molecule has 3 heterocycles. The number of hydrogen-bond donors (Lipinski definition) is 0. The Balaban J connectivity index is 1.52. The first-order chi connectivity index (χ1) is 13.1. The number of nitrogens with zero attached hydrogens (tertiary/aromatic N) is 4. The number of aliphatic imine (C=N–C) groups is 1. The van der Waals surface area contributed by atoms with Gasteiger partial charge in [0.05, 0.1) is 17.8 Å². The van der Waals surface area contributed by atoms with Crippen molar-refractivity contribution in [2.24, 2.45) is 12.0 Å². The fourth-order valence-electron chi connectivity index (χ4n) is 3.48. The van der Waals surface area contributed by atoms with Gasteiger partial charge in [-0.3, -0.25) is 19.5 Å². The highest BCUT2D eigenvalue weighted by Crippen LogP contribution is 2.25. The fourth-order valence-corrected chi connectivity index (χ4v) is 3.48. The van der Waals surface area contributed by atoms with Gasteiger partial charge in [-0.2, -0.15) is 5.10 Å². The first-order valence-corrected chi connectivity index (χ1v) is 9.11. The van der Waals surface area contributed by atoms with Gasteiger partial charge in [-0.1, -0.05) is 6.07 Å². The lowest BCUT2D eigenvalue weighted by atomic mass is 9.99. The van der Waals surface area contributed by atoms with Crippen molar-refractivity contribution >= 4 is 22.4 Å². The molecule has 6 heteroatoms. The van der Waals surface area contributed by atoms with Crippen LogP contribution in [0.2, 0.25) is 0 Å². The molecular weight excluding hydrogens is 340 g/mol. The minimum atomic E-state index is 0.195. The van der Waals surface area contributed by atoms with Gasteiger partial charge in [0.2, 0.25) is 0 Å². The fraction of sp³-hybridized carbons (Fsp3) is 0.333. The van der Waals surface area contributed by atoms with Crippen LogP contribution in [-0.4, -0.2) is 40.0 Å². The molecule has 0 aliphatic carbocycles. The lowest BCUT2D eigenvalue weighted by molar-refractivity contribution is -0.118.